The number of para-hydroxylation sites is 1. The van der Waals surface area contributed by atoms with Gasteiger partial charge in [0.25, 0.3) is 0 Å². The predicted molar refractivity (Wildman–Crippen MR) is 227 cm³/mol. The Morgan fingerprint density at radius 2 is 1.26 bits per heavy atom. The fourth-order valence-electron chi connectivity index (χ4n) is 10.00. The van der Waals surface area contributed by atoms with Crippen LogP contribution in [0.4, 0.5) is 0 Å². The van der Waals surface area contributed by atoms with Gasteiger partial charge in [-0.25, -0.2) is 4.98 Å². The number of hydrogen-bond donors (Lipinski definition) is 0. The topological polar surface area (TPSA) is 17.8 Å². The maximum atomic E-state index is 5.54. The largest absolute Gasteiger partial charge is 0.292 e. The van der Waals surface area contributed by atoms with Crippen LogP contribution in [0.3, 0.4) is 0 Å². The summed E-state index contributed by atoms with van der Waals surface area (Å²) in [6.45, 7) is 2.36. The van der Waals surface area contributed by atoms with Crippen LogP contribution in [-0.4, -0.2) is 9.55 Å². The van der Waals surface area contributed by atoms with Crippen molar-refractivity contribution in [1.82, 2.24) is 9.55 Å². The second kappa shape index (κ2) is 11.2. The molecule has 254 valence electrons. The quantitative estimate of drug-likeness (QED) is 0.178. The number of fused-ring (bicyclic) bond motifs is 15. The molecule has 0 N–H and O–H groups in total. The number of thioether (sulfide) groups is 1. The second-order valence-electron chi connectivity index (χ2n) is 15.1. The molecule has 7 aromatic carbocycles. The lowest BCUT2D eigenvalue weighted by molar-refractivity contribution is 0.604. The first-order chi connectivity index (χ1) is 26.7. The summed E-state index contributed by atoms with van der Waals surface area (Å²) in [5.41, 5.74) is 13.8. The van der Waals surface area contributed by atoms with E-state index >= 15 is 0 Å². The van der Waals surface area contributed by atoms with E-state index in [1.165, 1.54) is 86.9 Å². The van der Waals surface area contributed by atoms with Crippen LogP contribution >= 0.6 is 11.8 Å². The first kappa shape index (κ1) is 30.3. The Morgan fingerprint density at radius 1 is 0.593 bits per heavy atom. The molecule has 0 fully saturated rings. The lowest BCUT2D eigenvalue weighted by Crippen LogP contribution is -2.34. The fraction of sp³-hybridized carbons (Fsp3) is 0.0784. The summed E-state index contributed by atoms with van der Waals surface area (Å²) in [6, 6.07) is 58.4. The Kier molecular flexibility index (Phi) is 6.28. The molecule has 2 nitrogen and oxygen atoms in total. The smallest absolute Gasteiger partial charge is 0.138 e. The van der Waals surface area contributed by atoms with Gasteiger partial charge in [0.1, 0.15) is 5.82 Å². The van der Waals surface area contributed by atoms with Crippen molar-refractivity contribution in [1.29, 1.82) is 0 Å². The van der Waals surface area contributed by atoms with Crippen LogP contribution in [-0.2, 0) is 5.41 Å². The minimum Gasteiger partial charge on any atom is -0.292 e. The Hall–Kier alpha value is -6.16. The summed E-state index contributed by atoms with van der Waals surface area (Å²) in [5, 5.41) is 6.12. The predicted octanol–water partition coefficient (Wildman–Crippen LogP) is 13.4. The van der Waals surface area contributed by atoms with Crippen LogP contribution in [0.2, 0.25) is 0 Å². The normalized spacial score (nSPS) is 16.6. The highest BCUT2D eigenvalue weighted by molar-refractivity contribution is 8.03. The number of hydrogen-bond acceptors (Lipinski definition) is 2. The van der Waals surface area contributed by atoms with Gasteiger partial charge < -0.3 is 0 Å². The lowest BCUT2D eigenvalue weighted by Gasteiger charge is -2.43. The van der Waals surface area contributed by atoms with Crippen molar-refractivity contribution in [3.05, 3.63) is 197 Å². The molecule has 54 heavy (non-hydrogen) atoms. The maximum Gasteiger partial charge on any atom is 0.138 e. The fourth-order valence-corrected chi connectivity index (χ4v) is 11.4. The highest BCUT2D eigenvalue weighted by Gasteiger charge is 2.52. The third kappa shape index (κ3) is 3.95. The molecule has 0 saturated heterocycles. The minimum absolute atomic E-state index is 0.397. The molecule has 3 heterocycles. The van der Waals surface area contributed by atoms with Crippen molar-refractivity contribution in [2.75, 3.05) is 0 Å². The van der Waals surface area contributed by atoms with Crippen LogP contribution in [0.5, 0.6) is 0 Å². The molecule has 3 heteroatoms. The number of allylic oxidation sites excluding steroid dienone is 3. The summed E-state index contributed by atoms with van der Waals surface area (Å²) < 4.78 is 2.51. The SMILES string of the molecule is CC1C=CC2=C(C1)C1(c3ccccc3-c3ccccc31)c1ccc3c4ccc5ccccc5c4n(-c4cc(-c5ccccc5)c5ccccc5n4)c3c1S2. The number of aromatic nitrogens is 2. The summed E-state index contributed by atoms with van der Waals surface area (Å²) in [5.74, 6) is 1.40. The molecule has 0 amide bonds. The molecule has 2 aromatic heterocycles. The average molecular weight is 707 g/mol. The van der Waals surface area contributed by atoms with Gasteiger partial charge in [-0.05, 0) is 74.4 Å². The number of pyridine rings is 1. The van der Waals surface area contributed by atoms with Crippen molar-refractivity contribution in [3.8, 4) is 28.1 Å². The maximum absolute atomic E-state index is 5.54. The molecule has 9 aromatic rings. The Morgan fingerprint density at radius 3 is 2.07 bits per heavy atom. The molecular weight excluding hydrogens is 673 g/mol. The van der Waals surface area contributed by atoms with E-state index < -0.39 is 5.41 Å². The van der Waals surface area contributed by atoms with Crippen LogP contribution in [0, 0.1) is 5.92 Å². The highest BCUT2D eigenvalue weighted by Crippen LogP contribution is 2.65. The van der Waals surface area contributed by atoms with E-state index in [0.29, 0.717) is 5.92 Å². The standard InChI is InChI=1S/C51H34N2S/c1-31-23-28-46-44(29-31)51(41-20-10-7-17-35(41)36-18-8-11-21-42(36)51)43-27-26-39-38-25-24-33-15-5-6-16-34(33)48(38)53(49(39)50(43)54-46)47-30-40(32-13-3-2-4-14-32)37-19-9-12-22-45(37)52-47/h2-28,30-31H,29H2,1H3. The molecule has 1 unspecified atom stereocenters. The van der Waals surface area contributed by atoms with Gasteiger partial charge in [0.05, 0.1) is 22.0 Å². The van der Waals surface area contributed by atoms with Crippen LogP contribution in [0.15, 0.2) is 185 Å². The summed E-state index contributed by atoms with van der Waals surface area (Å²) in [7, 11) is 0. The Labute approximate surface area is 318 Å². The summed E-state index contributed by atoms with van der Waals surface area (Å²) >= 11 is 1.96. The van der Waals surface area contributed by atoms with Crippen molar-refractivity contribution >= 4 is 55.2 Å². The summed E-state index contributed by atoms with van der Waals surface area (Å²) in [6.07, 6.45) is 5.86. The number of benzene rings is 7. The van der Waals surface area contributed by atoms with E-state index in [-0.39, 0.29) is 0 Å². The molecule has 1 aliphatic heterocycles. The van der Waals surface area contributed by atoms with Gasteiger partial charge in [0.2, 0.25) is 0 Å². The Bertz CT molecular complexity index is 3080. The van der Waals surface area contributed by atoms with Crippen molar-refractivity contribution in [3.63, 3.8) is 0 Å². The zero-order valence-corrected chi connectivity index (χ0v) is 30.6. The molecular formula is C51H34N2S. The van der Waals surface area contributed by atoms with Crippen molar-refractivity contribution in [2.24, 2.45) is 5.92 Å². The summed E-state index contributed by atoms with van der Waals surface area (Å²) in [4.78, 5) is 8.23. The molecule has 0 saturated carbocycles. The molecule has 1 spiro atoms. The van der Waals surface area contributed by atoms with Gasteiger partial charge in [-0.2, -0.15) is 0 Å². The second-order valence-corrected chi connectivity index (χ2v) is 16.1. The van der Waals surface area contributed by atoms with Gasteiger partial charge >= 0.3 is 0 Å². The van der Waals surface area contributed by atoms with Crippen molar-refractivity contribution < 1.29 is 0 Å². The lowest BCUT2D eigenvalue weighted by atomic mass is 9.64. The van der Waals surface area contributed by atoms with Crippen molar-refractivity contribution in [2.45, 2.75) is 23.7 Å². The Balaban J connectivity index is 1.28. The monoisotopic (exact) mass is 706 g/mol. The van der Waals surface area contributed by atoms with E-state index in [2.05, 4.69) is 181 Å². The van der Waals surface area contributed by atoms with Gasteiger partial charge in [0.15, 0.2) is 0 Å². The third-order valence-corrected chi connectivity index (χ3v) is 13.4. The highest BCUT2D eigenvalue weighted by atomic mass is 32.2. The van der Waals surface area contributed by atoms with Gasteiger partial charge in [0, 0.05) is 31.3 Å². The molecule has 0 radical (unpaired) electrons. The third-order valence-electron chi connectivity index (χ3n) is 12.2. The number of nitrogens with zero attached hydrogens (tertiary/aromatic N) is 2. The molecule has 0 bridgehead atoms. The van der Waals surface area contributed by atoms with E-state index in [1.807, 2.05) is 11.8 Å². The first-order valence-corrected chi connectivity index (χ1v) is 19.8. The first-order valence-electron chi connectivity index (χ1n) is 18.9. The van der Waals surface area contributed by atoms with Gasteiger partial charge in [-0.15, -0.1) is 0 Å². The minimum atomic E-state index is -0.397. The molecule has 3 aliphatic rings. The molecule has 1 atom stereocenters. The van der Waals surface area contributed by atoms with Crippen LogP contribution < -0.4 is 0 Å². The van der Waals surface area contributed by atoms with E-state index in [4.69, 9.17) is 4.98 Å². The average Bonchev–Trinajstić information content (AvgIpc) is 3.73. The van der Waals surface area contributed by atoms with E-state index in [0.717, 1.165) is 23.1 Å². The number of rotatable bonds is 2. The molecule has 12 rings (SSSR count). The van der Waals surface area contributed by atoms with E-state index in [1.54, 1.807) is 0 Å². The van der Waals surface area contributed by atoms with E-state index in [9.17, 15) is 0 Å². The van der Waals surface area contributed by atoms with Crippen LogP contribution in [0.1, 0.15) is 30.0 Å². The zero-order chi connectivity index (χ0) is 35.5. The van der Waals surface area contributed by atoms with Crippen LogP contribution in [0.25, 0.3) is 71.6 Å². The molecule has 2 aliphatic carbocycles. The van der Waals surface area contributed by atoms with Gasteiger partial charge in [-0.1, -0.05) is 176 Å². The van der Waals surface area contributed by atoms with Gasteiger partial charge in [-0.3, -0.25) is 4.57 Å². The zero-order valence-electron chi connectivity index (χ0n) is 29.8.